The van der Waals surface area contributed by atoms with Crippen molar-refractivity contribution in [3.8, 4) is 5.75 Å². The first-order valence-electron chi connectivity index (χ1n) is 9.70. The molecule has 0 spiro atoms. The maximum atomic E-state index is 12.9. The number of nitrogens with zero attached hydrogens (tertiary/aromatic N) is 1. The minimum atomic E-state index is -0.135. The Morgan fingerprint density at radius 3 is 2.57 bits per heavy atom. The van der Waals surface area contributed by atoms with Crippen LogP contribution in [0.5, 0.6) is 5.75 Å². The molecule has 2 aliphatic heterocycles. The topological polar surface area (TPSA) is 48.0 Å². The third-order valence-electron chi connectivity index (χ3n) is 5.16. The van der Waals surface area contributed by atoms with Gasteiger partial charge >= 0.3 is 0 Å². The molecule has 0 aromatic heterocycles. The van der Waals surface area contributed by atoms with Gasteiger partial charge in [-0.15, -0.1) is 0 Å². The number of benzene rings is 2. The van der Waals surface area contributed by atoms with Crippen molar-refractivity contribution < 1.29 is 19.0 Å². The van der Waals surface area contributed by atoms with Crippen LogP contribution in [0.4, 0.5) is 0 Å². The average Bonchev–Trinajstić information content (AvgIpc) is 3.26. The highest BCUT2D eigenvalue weighted by molar-refractivity contribution is 6.30. The number of rotatable bonds is 5. The predicted octanol–water partition coefficient (Wildman–Crippen LogP) is 4.11. The van der Waals surface area contributed by atoms with Crippen LogP contribution in [0.3, 0.4) is 0 Å². The molecule has 2 heterocycles. The molecule has 0 radical (unpaired) electrons. The van der Waals surface area contributed by atoms with Crippen LogP contribution in [0.25, 0.3) is 0 Å². The zero-order valence-electron chi connectivity index (χ0n) is 15.7. The Bertz CT molecular complexity index is 787. The van der Waals surface area contributed by atoms with Gasteiger partial charge in [0.15, 0.2) is 0 Å². The maximum Gasteiger partial charge on any atom is 0.254 e. The van der Waals surface area contributed by atoms with E-state index in [0.717, 1.165) is 30.8 Å². The van der Waals surface area contributed by atoms with Crippen LogP contribution >= 0.6 is 11.6 Å². The van der Waals surface area contributed by atoms with E-state index < -0.39 is 0 Å². The summed E-state index contributed by atoms with van der Waals surface area (Å²) < 4.78 is 17.2. The van der Waals surface area contributed by atoms with Gasteiger partial charge in [-0.3, -0.25) is 4.79 Å². The van der Waals surface area contributed by atoms with Gasteiger partial charge < -0.3 is 19.1 Å². The molecule has 0 aliphatic carbocycles. The molecule has 0 N–H and O–H groups in total. The molecule has 0 saturated carbocycles. The second-order valence-electron chi connectivity index (χ2n) is 7.13. The monoisotopic (exact) mass is 401 g/mol. The van der Waals surface area contributed by atoms with Gasteiger partial charge in [0.05, 0.1) is 19.3 Å². The SMILES string of the molecule is O=C(c1ccc(OCC2CCCO2)cc1)N1CCOC(c2ccc(Cl)cc2)C1. The smallest absolute Gasteiger partial charge is 0.254 e. The summed E-state index contributed by atoms with van der Waals surface area (Å²) in [6, 6.07) is 14.9. The van der Waals surface area contributed by atoms with E-state index in [2.05, 4.69) is 0 Å². The number of carbonyl (C=O) groups excluding carboxylic acids is 1. The van der Waals surface area contributed by atoms with Crippen LogP contribution in [-0.2, 0) is 9.47 Å². The Hall–Kier alpha value is -2.08. The van der Waals surface area contributed by atoms with Crippen molar-refractivity contribution in [2.45, 2.75) is 25.0 Å². The van der Waals surface area contributed by atoms with E-state index in [9.17, 15) is 4.79 Å². The molecule has 1 amide bonds. The van der Waals surface area contributed by atoms with Crippen LogP contribution < -0.4 is 4.74 Å². The fourth-order valence-electron chi connectivity index (χ4n) is 3.55. The molecule has 4 rings (SSSR count). The fourth-order valence-corrected chi connectivity index (χ4v) is 3.68. The quantitative estimate of drug-likeness (QED) is 0.756. The highest BCUT2D eigenvalue weighted by Gasteiger charge is 2.26. The van der Waals surface area contributed by atoms with Crippen molar-refractivity contribution in [3.63, 3.8) is 0 Å². The van der Waals surface area contributed by atoms with Gasteiger partial charge in [0.1, 0.15) is 18.5 Å². The van der Waals surface area contributed by atoms with Crippen molar-refractivity contribution in [3.05, 3.63) is 64.7 Å². The molecular formula is C22H24ClNO4. The normalized spacial score (nSPS) is 22.2. The third kappa shape index (κ3) is 4.66. The van der Waals surface area contributed by atoms with Crippen LogP contribution in [0.2, 0.25) is 5.02 Å². The van der Waals surface area contributed by atoms with Crippen LogP contribution in [0, 0.1) is 0 Å². The number of morpholine rings is 1. The maximum absolute atomic E-state index is 12.9. The Morgan fingerprint density at radius 1 is 1.07 bits per heavy atom. The summed E-state index contributed by atoms with van der Waals surface area (Å²) in [7, 11) is 0. The number of ether oxygens (including phenoxy) is 3. The minimum absolute atomic E-state index is 0.00735. The summed E-state index contributed by atoms with van der Waals surface area (Å²) in [5.74, 6) is 0.765. The summed E-state index contributed by atoms with van der Waals surface area (Å²) in [6.45, 7) is 3.00. The molecule has 2 saturated heterocycles. The van der Waals surface area contributed by atoms with E-state index in [4.69, 9.17) is 25.8 Å². The number of halogens is 1. The second-order valence-corrected chi connectivity index (χ2v) is 7.57. The Balaban J connectivity index is 1.35. The van der Waals surface area contributed by atoms with Crippen molar-refractivity contribution in [2.24, 2.45) is 0 Å². The standard InChI is InChI=1S/C22H24ClNO4/c23-18-7-3-16(4-8-18)21-14-24(11-13-27-21)22(25)17-5-9-19(10-6-17)28-15-20-2-1-12-26-20/h3-10,20-21H,1-2,11-15H2. The summed E-state index contributed by atoms with van der Waals surface area (Å²) in [5, 5.41) is 0.689. The first-order valence-corrected chi connectivity index (χ1v) is 10.1. The van der Waals surface area contributed by atoms with Crippen LogP contribution in [0.1, 0.15) is 34.9 Å². The molecule has 6 heteroatoms. The van der Waals surface area contributed by atoms with Crippen LogP contribution in [-0.4, -0.2) is 49.8 Å². The van der Waals surface area contributed by atoms with Crippen molar-refractivity contribution in [1.29, 1.82) is 0 Å². The number of carbonyl (C=O) groups is 1. The lowest BCUT2D eigenvalue weighted by Gasteiger charge is -2.33. The van der Waals surface area contributed by atoms with E-state index in [0.29, 0.717) is 36.9 Å². The van der Waals surface area contributed by atoms with Gasteiger partial charge in [0.2, 0.25) is 0 Å². The zero-order valence-corrected chi connectivity index (χ0v) is 16.4. The van der Waals surface area contributed by atoms with E-state index in [-0.39, 0.29) is 18.1 Å². The molecule has 5 nitrogen and oxygen atoms in total. The molecule has 2 aromatic rings. The van der Waals surface area contributed by atoms with Crippen molar-refractivity contribution in [1.82, 2.24) is 4.90 Å². The predicted molar refractivity (Wildman–Crippen MR) is 107 cm³/mol. The molecule has 148 valence electrons. The van der Waals surface area contributed by atoms with Crippen LogP contribution in [0.15, 0.2) is 48.5 Å². The number of amides is 1. The van der Waals surface area contributed by atoms with E-state index >= 15 is 0 Å². The average molecular weight is 402 g/mol. The third-order valence-corrected chi connectivity index (χ3v) is 5.41. The van der Waals surface area contributed by atoms with E-state index in [1.165, 1.54) is 0 Å². The zero-order chi connectivity index (χ0) is 19.3. The highest BCUT2D eigenvalue weighted by atomic mass is 35.5. The number of hydrogen-bond donors (Lipinski definition) is 0. The molecule has 2 aliphatic rings. The van der Waals surface area contributed by atoms with Gasteiger partial charge in [0.25, 0.3) is 5.91 Å². The summed E-state index contributed by atoms with van der Waals surface area (Å²) in [5.41, 5.74) is 1.68. The second kappa shape index (κ2) is 8.95. The highest BCUT2D eigenvalue weighted by Crippen LogP contribution is 2.25. The Labute approximate surface area is 170 Å². The summed E-state index contributed by atoms with van der Waals surface area (Å²) in [6.07, 6.45) is 2.18. The first kappa shape index (κ1) is 19.2. The van der Waals surface area contributed by atoms with Crippen molar-refractivity contribution in [2.75, 3.05) is 32.9 Å². The lowest BCUT2D eigenvalue weighted by Crippen LogP contribution is -2.42. The van der Waals surface area contributed by atoms with Crippen molar-refractivity contribution >= 4 is 17.5 Å². The molecular weight excluding hydrogens is 378 g/mol. The summed E-state index contributed by atoms with van der Waals surface area (Å²) in [4.78, 5) is 14.7. The molecule has 2 atom stereocenters. The molecule has 2 unspecified atom stereocenters. The lowest BCUT2D eigenvalue weighted by atomic mass is 10.1. The van der Waals surface area contributed by atoms with E-state index in [1.807, 2.05) is 53.4 Å². The molecule has 0 bridgehead atoms. The van der Waals surface area contributed by atoms with Gasteiger partial charge in [-0.25, -0.2) is 0 Å². The minimum Gasteiger partial charge on any atom is -0.491 e. The summed E-state index contributed by atoms with van der Waals surface area (Å²) >= 11 is 5.96. The van der Waals surface area contributed by atoms with Gasteiger partial charge in [-0.05, 0) is 54.8 Å². The number of hydrogen-bond acceptors (Lipinski definition) is 4. The lowest BCUT2D eigenvalue weighted by molar-refractivity contribution is -0.0228. The van der Waals surface area contributed by atoms with Gasteiger partial charge in [0, 0.05) is 23.7 Å². The molecule has 28 heavy (non-hydrogen) atoms. The van der Waals surface area contributed by atoms with E-state index in [1.54, 1.807) is 0 Å². The first-order chi connectivity index (χ1) is 13.7. The van der Waals surface area contributed by atoms with Gasteiger partial charge in [-0.1, -0.05) is 23.7 Å². The fraction of sp³-hybridized carbons (Fsp3) is 0.409. The molecule has 2 fully saturated rings. The largest absolute Gasteiger partial charge is 0.491 e. The Kier molecular flexibility index (Phi) is 6.15. The molecule has 2 aromatic carbocycles. The van der Waals surface area contributed by atoms with Gasteiger partial charge in [-0.2, -0.15) is 0 Å². The Morgan fingerprint density at radius 2 is 1.86 bits per heavy atom.